The molecule has 140 valence electrons. The molecule has 1 amide bonds. The fraction of sp³-hybridized carbons (Fsp3) is 0.278. The number of carbonyl (C=O) groups is 1. The molecule has 0 saturated carbocycles. The summed E-state index contributed by atoms with van der Waals surface area (Å²) in [6.07, 6.45) is 2.10. The monoisotopic (exact) mass is 396 g/mol. The Morgan fingerprint density at radius 3 is 2.08 bits per heavy atom. The number of benzene rings is 2. The molecule has 2 aromatic rings. The lowest BCUT2D eigenvalue weighted by Crippen LogP contribution is -2.24. The summed E-state index contributed by atoms with van der Waals surface area (Å²) >= 11 is 5.87. The van der Waals surface area contributed by atoms with Gasteiger partial charge in [0, 0.05) is 18.0 Å². The molecule has 0 bridgehead atoms. The zero-order chi connectivity index (χ0) is 19.0. The molecule has 0 spiro atoms. The van der Waals surface area contributed by atoms with Gasteiger partial charge in [0.25, 0.3) is 0 Å². The van der Waals surface area contributed by atoms with Crippen LogP contribution < -0.4 is 10.2 Å². The molecule has 3 N–H and O–H groups in total. The fourth-order valence-electron chi connectivity index (χ4n) is 2.40. The first-order valence-electron chi connectivity index (χ1n) is 8.21. The highest BCUT2D eigenvalue weighted by Gasteiger charge is 2.13. The molecule has 0 atom stereocenters. The third kappa shape index (κ3) is 6.10. The van der Waals surface area contributed by atoms with Crippen LogP contribution in [0.25, 0.3) is 11.1 Å². The van der Waals surface area contributed by atoms with E-state index in [2.05, 4.69) is 4.72 Å². The summed E-state index contributed by atoms with van der Waals surface area (Å²) in [6.45, 7) is 0.294. The summed E-state index contributed by atoms with van der Waals surface area (Å²) in [5.41, 5.74) is 3.43. The zero-order valence-electron chi connectivity index (χ0n) is 14.1. The largest absolute Gasteiger partial charge is 0.289 e. The van der Waals surface area contributed by atoms with E-state index in [0.29, 0.717) is 30.8 Å². The summed E-state index contributed by atoms with van der Waals surface area (Å²) in [4.78, 5) is 11.1. The summed E-state index contributed by atoms with van der Waals surface area (Å²) in [5.74, 6) is -0.439. The van der Waals surface area contributed by atoms with Crippen molar-refractivity contribution < 1.29 is 18.4 Å². The Bertz CT molecular complexity index is 821. The van der Waals surface area contributed by atoms with E-state index in [1.54, 1.807) is 41.9 Å². The smallest absolute Gasteiger partial charge is 0.243 e. The molecular weight excluding hydrogens is 376 g/mol. The summed E-state index contributed by atoms with van der Waals surface area (Å²) in [6, 6.07) is 14.0. The Labute approximate surface area is 158 Å². The van der Waals surface area contributed by atoms with Crippen LogP contribution in [0.4, 0.5) is 0 Å². The number of carbonyl (C=O) groups excluding carboxylic acids is 1. The molecule has 2 rings (SSSR count). The van der Waals surface area contributed by atoms with Gasteiger partial charge in [-0.25, -0.2) is 18.6 Å². The van der Waals surface area contributed by atoms with Crippen molar-refractivity contribution in [2.75, 3.05) is 6.54 Å². The number of amides is 1. The Morgan fingerprint density at radius 1 is 0.923 bits per heavy atom. The van der Waals surface area contributed by atoms with E-state index >= 15 is 0 Å². The molecule has 26 heavy (non-hydrogen) atoms. The van der Waals surface area contributed by atoms with E-state index in [-0.39, 0.29) is 11.3 Å². The number of rotatable bonds is 9. The minimum Gasteiger partial charge on any atom is -0.289 e. The van der Waals surface area contributed by atoms with E-state index in [4.69, 9.17) is 16.8 Å². The molecule has 0 aliphatic heterocycles. The average molecular weight is 397 g/mol. The predicted molar refractivity (Wildman–Crippen MR) is 100 cm³/mol. The number of sulfonamides is 1. The number of nitrogens with one attached hydrogen (secondary N) is 2. The summed E-state index contributed by atoms with van der Waals surface area (Å²) < 4.78 is 27.1. The highest BCUT2D eigenvalue weighted by molar-refractivity contribution is 7.89. The first-order valence-corrected chi connectivity index (χ1v) is 10.1. The Balaban J connectivity index is 1.86. The van der Waals surface area contributed by atoms with Crippen molar-refractivity contribution in [1.82, 2.24) is 10.2 Å². The Hall–Kier alpha value is -1.93. The van der Waals surface area contributed by atoms with E-state index in [1.807, 2.05) is 12.1 Å². The van der Waals surface area contributed by atoms with E-state index in [0.717, 1.165) is 11.1 Å². The molecule has 0 heterocycles. The lowest BCUT2D eigenvalue weighted by molar-refractivity contribution is -0.129. The molecule has 0 aliphatic carbocycles. The van der Waals surface area contributed by atoms with Crippen LogP contribution in [-0.2, 0) is 14.8 Å². The molecule has 0 fully saturated rings. The highest BCUT2D eigenvalue weighted by Crippen LogP contribution is 2.23. The second-order valence-electron chi connectivity index (χ2n) is 5.77. The van der Waals surface area contributed by atoms with E-state index < -0.39 is 15.9 Å². The zero-order valence-corrected chi connectivity index (χ0v) is 15.7. The second kappa shape index (κ2) is 9.68. The molecule has 0 aromatic heterocycles. The first kappa shape index (κ1) is 20.4. The van der Waals surface area contributed by atoms with Crippen LogP contribution in [0.5, 0.6) is 0 Å². The van der Waals surface area contributed by atoms with Crippen LogP contribution in [0, 0.1) is 0 Å². The maximum Gasteiger partial charge on any atom is 0.243 e. The molecular formula is C18H21ClN2O4S. The van der Waals surface area contributed by atoms with Gasteiger partial charge >= 0.3 is 0 Å². The Morgan fingerprint density at radius 2 is 1.50 bits per heavy atom. The van der Waals surface area contributed by atoms with Crippen molar-refractivity contribution in [3.63, 3.8) is 0 Å². The van der Waals surface area contributed by atoms with Crippen molar-refractivity contribution in [2.45, 2.75) is 30.6 Å². The minimum atomic E-state index is -3.56. The Kier molecular flexibility index (Phi) is 7.59. The molecule has 6 nitrogen and oxygen atoms in total. The van der Waals surface area contributed by atoms with Crippen molar-refractivity contribution in [3.05, 3.63) is 53.6 Å². The maximum atomic E-state index is 12.3. The molecule has 0 saturated heterocycles. The minimum absolute atomic E-state index is 0.204. The van der Waals surface area contributed by atoms with Crippen LogP contribution in [0.3, 0.4) is 0 Å². The summed E-state index contributed by atoms with van der Waals surface area (Å²) in [5, 5.41) is 9.02. The first-order chi connectivity index (χ1) is 12.4. The van der Waals surface area contributed by atoms with Gasteiger partial charge < -0.3 is 0 Å². The average Bonchev–Trinajstić information content (AvgIpc) is 2.65. The highest BCUT2D eigenvalue weighted by atomic mass is 35.5. The van der Waals surface area contributed by atoms with Gasteiger partial charge in [-0.2, -0.15) is 0 Å². The van der Waals surface area contributed by atoms with Crippen LogP contribution in [0.15, 0.2) is 53.4 Å². The van der Waals surface area contributed by atoms with Gasteiger partial charge in [0.15, 0.2) is 0 Å². The van der Waals surface area contributed by atoms with Gasteiger partial charge in [-0.3, -0.25) is 10.0 Å². The van der Waals surface area contributed by atoms with Crippen LogP contribution >= 0.6 is 11.6 Å². The third-order valence-electron chi connectivity index (χ3n) is 3.84. The van der Waals surface area contributed by atoms with Crippen LogP contribution in [0.2, 0.25) is 5.02 Å². The number of hydroxylamine groups is 1. The molecule has 0 radical (unpaired) electrons. The van der Waals surface area contributed by atoms with Crippen molar-refractivity contribution in [3.8, 4) is 11.1 Å². The van der Waals surface area contributed by atoms with Crippen molar-refractivity contribution in [1.29, 1.82) is 0 Å². The fourth-order valence-corrected chi connectivity index (χ4v) is 3.60. The van der Waals surface area contributed by atoms with Crippen molar-refractivity contribution >= 4 is 27.5 Å². The van der Waals surface area contributed by atoms with Crippen LogP contribution in [0.1, 0.15) is 25.7 Å². The maximum absolute atomic E-state index is 12.3. The molecule has 8 heteroatoms. The number of hydrogen-bond acceptors (Lipinski definition) is 4. The van der Waals surface area contributed by atoms with Gasteiger partial charge in [0.05, 0.1) is 4.90 Å². The SMILES string of the molecule is O=C(CCCCCNS(=O)(=O)c1ccc(-c2ccc(Cl)cc2)cc1)NO. The molecule has 0 unspecified atom stereocenters. The van der Waals surface area contributed by atoms with Crippen LogP contribution in [-0.4, -0.2) is 26.1 Å². The van der Waals surface area contributed by atoms with Gasteiger partial charge in [-0.15, -0.1) is 0 Å². The lowest BCUT2D eigenvalue weighted by atomic mass is 10.1. The normalized spacial score (nSPS) is 11.3. The summed E-state index contributed by atoms with van der Waals surface area (Å²) in [7, 11) is -3.56. The van der Waals surface area contributed by atoms with E-state index in [9.17, 15) is 13.2 Å². The topological polar surface area (TPSA) is 95.5 Å². The predicted octanol–water partition coefficient (Wildman–Crippen LogP) is 3.35. The molecule has 2 aromatic carbocycles. The third-order valence-corrected chi connectivity index (χ3v) is 5.57. The second-order valence-corrected chi connectivity index (χ2v) is 7.98. The number of halogens is 1. The van der Waals surface area contributed by atoms with Crippen molar-refractivity contribution in [2.24, 2.45) is 0 Å². The van der Waals surface area contributed by atoms with E-state index in [1.165, 1.54) is 0 Å². The van der Waals surface area contributed by atoms with Gasteiger partial charge in [0.1, 0.15) is 0 Å². The standard InChI is InChI=1S/C18H21ClN2O4S/c19-16-9-5-14(6-10-16)15-7-11-17(12-8-15)26(24,25)20-13-3-1-2-4-18(22)21-23/h5-12,20,23H,1-4,13H2,(H,21,22). The number of hydrogen-bond donors (Lipinski definition) is 3. The van der Waals surface area contributed by atoms with Gasteiger partial charge in [-0.1, -0.05) is 42.3 Å². The van der Waals surface area contributed by atoms with Gasteiger partial charge in [-0.05, 0) is 48.2 Å². The van der Waals surface area contributed by atoms with Gasteiger partial charge in [0.2, 0.25) is 15.9 Å². The number of unbranched alkanes of at least 4 members (excludes halogenated alkanes) is 2. The molecule has 0 aliphatic rings. The quantitative estimate of drug-likeness (QED) is 0.344. The lowest BCUT2D eigenvalue weighted by Gasteiger charge is -2.08.